The normalized spacial score (nSPS) is 12.1. The van der Waals surface area contributed by atoms with Crippen molar-refractivity contribution in [3.63, 3.8) is 0 Å². The number of thioether (sulfide) groups is 1. The molecule has 0 amide bonds. The van der Waals surface area contributed by atoms with Crippen LogP contribution in [0.4, 0.5) is 4.39 Å². The molecular formula is C15H20FNS. The predicted molar refractivity (Wildman–Crippen MR) is 77.3 cm³/mol. The summed E-state index contributed by atoms with van der Waals surface area (Å²) in [5.41, 5.74) is 0. The predicted octanol–water partition coefficient (Wildman–Crippen LogP) is 3.70. The van der Waals surface area contributed by atoms with Gasteiger partial charge >= 0.3 is 0 Å². The molecule has 0 saturated heterocycles. The highest BCUT2D eigenvalue weighted by atomic mass is 32.2. The molecule has 1 N–H and O–H groups in total. The summed E-state index contributed by atoms with van der Waals surface area (Å²) in [5.74, 6) is 3.48. The van der Waals surface area contributed by atoms with Gasteiger partial charge < -0.3 is 5.32 Å². The van der Waals surface area contributed by atoms with E-state index in [1.165, 1.54) is 12.1 Å². The van der Waals surface area contributed by atoms with Gasteiger partial charge in [0.25, 0.3) is 0 Å². The second-order valence-corrected chi connectivity index (χ2v) is 5.21. The van der Waals surface area contributed by atoms with Gasteiger partial charge in [-0.2, -0.15) is 0 Å². The Balaban J connectivity index is 2.36. The lowest BCUT2D eigenvalue weighted by Gasteiger charge is -2.16. The summed E-state index contributed by atoms with van der Waals surface area (Å²) in [6.07, 6.45) is 8.24. The van der Waals surface area contributed by atoms with Gasteiger partial charge in [-0.05, 0) is 43.7 Å². The lowest BCUT2D eigenvalue weighted by Crippen LogP contribution is -2.31. The minimum atomic E-state index is -0.184. The fourth-order valence-electron chi connectivity index (χ4n) is 1.71. The molecule has 0 radical (unpaired) electrons. The molecule has 1 rings (SSSR count). The summed E-state index contributed by atoms with van der Waals surface area (Å²) >= 11 is 1.75. The third kappa shape index (κ3) is 6.09. The number of unbranched alkanes of at least 4 members (excludes halogenated alkanes) is 1. The Bertz CT molecular complexity index is 369. The Labute approximate surface area is 114 Å². The summed E-state index contributed by atoms with van der Waals surface area (Å²) < 4.78 is 12.8. The van der Waals surface area contributed by atoms with Gasteiger partial charge in [0.05, 0.1) is 0 Å². The minimum absolute atomic E-state index is 0.184. The van der Waals surface area contributed by atoms with Crippen LogP contribution in [0.15, 0.2) is 29.2 Å². The number of terminal acetylenes is 1. The maximum absolute atomic E-state index is 12.8. The van der Waals surface area contributed by atoms with Crippen molar-refractivity contribution < 1.29 is 4.39 Å². The molecular weight excluding hydrogens is 245 g/mol. The standard InChI is InChI=1S/C15H20FNS/c1-3-5-6-7-14(17-4-2)12-18-15-10-8-13(16)9-11-15/h1,8-11,14,17H,4-7,12H2,2H3. The Kier molecular flexibility index (Phi) is 7.55. The van der Waals surface area contributed by atoms with Gasteiger partial charge in [-0.25, -0.2) is 4.39 Å². The Morgan fingerprint density at radius 2 is 2.11 bits per heavy atom. The highest BCUT2D eigenvalue weighted by molar-refractivity contribution is 7.99. The van der Waals surface area contributed by atoms with Gasteiger partial charge in [-0.1, -0.05) is 6.92 Å². The number of hydrogen-bond acceptors (Lipinski definition) is 2. The molecule has 1 aromatic carbocycles. The molecule has 1 unspecified atom stereocenters. The van der Waals surface area contributed by atoms with Gasteiger partial charge in [0, 0.05) is 23.1 Å². The highest BCUT2D eigenvalue weighted by Crippen LogP contribution is 2.20. The van der Waals surface area contributed by atoms with Crippen LogP contribution in [-0.4, -0.2) is 18.3 Å². The van der Waals surface area contributed by atoms with Crippen LogP contribution in [0.2, 0.25) is 0 Å². The van der Waals surface area contributed by atoms with E-state index in [0.717, 1.165) is 36.5 Å². The van der Waals surface area contributed by atoms with E-state index in [9.17, 15) is 4.39 Å². The smallest absolute Gasteiger partial charge is 0.123 e. The minimum Gasteiger partial charge on any atom is -0.313 e. The third-order valence-electron chi connectivity index (χ3n) is 2.63. The first-order valence-electron chi connectivity index (χ1n) is 6.31. The molecule has 3 heteroatoms. The molecule has 98 valence electrons. The van der Waals surface area contributed by atoms with E-state index in [2.05, 4.69) is 18.2 Å². The molecule has 0 bridgehead atoms. The fraction of sp³-hybridized carbons (Fsp3) is 0.467. The van der Waals surface area contributed by atoms with Crippen molar-refractivity contribution in [3.8, 4) is 12.3 Å². The van der Waals surface area contributed by atoms with Crippen LogP contribution in [0.1, 0.15) is 26.2 Å². The number of hydrogen-bond donors (Lipinski definition) is 1. The molecule has 0 spiro atoms. The molecule has 0 aliphatic heterocycles. The Morgan fingerprint density at radius 1 is 1.39 bits per heavy atom. The van der Waals surface area contributed by atoms with E-state index < -0.39 is 0 Å². The molecule has 1 nitrogen and oxygen atoms in total. The summed E-state index contributed by atoms with van der Waals surface area (Å²) in [6, 6.07) is 7.12. The van der Waals surface area contributed by atoms with Crippen molar-refractivity contribution in [2.75, 3.05) is 12.3 Å². The van der Waals surface area contributed by atoms with Crippen molar-refractivity contribution >= 4 is 11.8 Å². The first kappa shape index (κ1) is 15.1. The monoisotopic (exact) mass is 265 g/mol. The van der Waals surface area contributed by atoms with Crippen LogP contribution in [0.25, 0.3) is 0 Å². The Morgan fingerprint density at radius 3 is 2.72 bits per heavy atom. The largest absolute Gasteiger partial charge is 0.313 e. The number of nitrogens with one attached hydrogen (secondary N) is 1. The van der Waals surface area contributed by atoms with Gasteiger partial charge in [-0.15, -0.1) is 24.1 Å². The molecule has 0 aromatic heterocycles. The van der Waals surface area contributed by atoms with Crippen LogP contribution in [0.3, 0.4) is 0 Å². The van der Waals surface area contributed by atoms with E-state index in [4.69, 9.17) is 6.42 Å². The molecule has 1 aromatic rings. The highest BCUT2D eigenvalue weighted by Gasteiger charge is 2.07. The molecule has 0 fully saturated rings. The first-order chi connectivity index (χ1) is 8.76. The number of benzene rings is 1. The molecule has 0 aliphatic rings. The van der Waals surface area contributed by atoms with Crippen molar-refractivity contribution in [1.82, 2.24) is 5.32 Å². The van der Waals surface area contributed by atoms with E-state index in [1.807, 2.05) is 12.1 Å². The number of rotatable bonds is 8. The van der Waals surface area contributed by atoms with Crippen molar-refractivity contribution in [3.05, 3.63) is 30.1 Å². The van der Waals surface area contributed by atoms with Crippen molar-refractivity contribution in [2.24, 2.45) is 0 Å². The van der Waals surface area contributed by atoms with Crippen LogP contribution in [0, 0.1) is 18.2 Å². The quantitative estimate of drug-likeness (QED) is 0.437. The van der Waals surface area contributed by atoms with Crippen LogP contribution >= 0.6 is 11.8 Å². The second kappa shape index (κ2) is 9.02. The molecule has 1 atom stereocenters. The summed E-state index contributed by atoms with van der Waals surface area (Å²) in [5, 5.41) is 3.46. The molecule has 0 saturated carbocycles. The van der Waals surface area contributed by atoms with E-state index >= 15 is 0 Å². The zero-order valence-corrected chi connectivity index (χ0v) is 11.6. The summed E-state index contributed by atoms with van der Waals surface area (Å²) in [7, 11) is 0. The van der Waals surface area contributed by atoms with Gasteiger partial charge in [0.2, 0.25) is 0 Å². The average molecular weight is 265 g/mol. The lowest BCUT2D eigenvalue weighted by atomic mass is 10.1. The molecule has 0 aliphatic carbocycles. The first-order valence-corrected chi connectivity index (χ1v) is 7.30. The third-order valence-corrected chi connectivity index (χ3v) is 3.81. The van der Waals surface area contributed by atoms with E-state index in [1.54, 1.807) is 11.8 Å². The van der Waals surface area contributed by atoms with Crippen LogP contribution in [0.5, 0.6) is 0 Å². The van der Waals surface area contributed by atoms with Crippen LogP contribution in [-0.2, 0) is 0 Å². The van der Waals surface area contributed by atoms with Gasteiger partial charge in [0.1, 0.15) is 5.82 Å². The maximum Gasteiger partial charge on any atom is 0.123 e. The zero-order chi connectivity index (χ0) is 13.2. The van der Waals surface area contributed by atoms with Gasteiger partial charge in [0.15, 0.2) is 0 Å². The van der Waals surface area contributed by atoms with Crippen molar-refractivity contribution in [1.29, 1.82) is 0 Å². The molecule has 0 heterocycles. The fourth-order valence-corrected chi connectivity index (χ4v) is 2.72. The second-order valence-electron chi connectivity index (χ2n) is 4.12. The van der Waals surface area contributed by atoms with Crippen LogP contribution < -0.4 is 5.32 Å². The van der Waals surface area contributed by atoms with Gasteiger partial charge in [-0.3, -0.25) is 0 Å². The SMILES string of the molecule is C#CCCCC(CSc1ccc(F)cc1)NCC. The lowest BCUT2D eigenvalue weighted by molar-refractivity contribution is 0.523. The molecule has 18 heavy (non-hydrogen) atoms. The Hall–Kier alpha value is -0.980. The summed E-state index contributed by atoms with van der Waals surface area (Å²) in [6.45, 7) is 3.07. The topological polar surface area (TPSA) is 12.0 Å². The van der Waals surface area contributed by atoms with E-state index in [-0.39, 0.29) is 5.82 Å². The maximum atomic E-state index is 12.8. The summed E-state index contributed by atoms with van der Waals surface area (Å²) in [4.78, 5) is 1.11. The van der Waals surface area contributed by atoms with Crippen molar-refractivity contribution in [2.45, 2.75) is 37.1 Å². The average Bonchev–Trinajstić information content (AvgIpc) is 2.38. The van der Waals surface area contributed by atoms with E-state index in [0.29, 0.717) is 6.04 Å². The zero-order valence-electron chi connectivity index (χ0n) is 10.8. The number of halogens is 1.